The third kappa shape index (κ3) is 1.45. The molecule has 1 aromatic carbocycles. The minimum Gasteiger partial charge on any atom is -0.456 e. The van der Waals surface area contributed by atoms with E-state index in [0.717, 1.165) is 4.90 Å². The molecule has 2 heterocycles. The number of esters is 1. The lowest BCUT2D eigenvalue weighted by Gasteiger charge is -2.43. The molecule has 0 bridgehead atoms. The number of hydrogen-bond acceptors (Lipinski definition) is 5. The van der Waals surface area contributed by atoms with Crippen LogP contribution in [0.3, 0.4) is 0 Å². The van der Waals surface area contributed by atoms with Crippen molar-refractivity contribution in [2.75, 3.05) is 11.5 Å². The summed E-state index contributed by atoms with van der Waals surface area (Å²) in [6.07, 6.45) is -0.696. The first-order chi connectivity index (χ1) is 9.48. The van der Waals surface area contributed by atoms with Crippen molar-refractivity contribution < 1.29 is 23.9 Å². The van der Waals surface area contributed by atoms with Crippen molar-refractivity contribution >= 4 is 23.5 Å². The van der Waals surface area contributed by atoms with Crippen LogP contribution in [0, 0.1) is 0 Å². The van der Waals surface area contributed by atoms with E-state index in [1.54, 1.807) is 24.3 Å². The Kier molecular flexibility index (Phi) is 2.65. The molecule has 1 spiro atoms. The minimum atomic E-state index is -1.37. The van der Waals surface area contributed by atoms with Gasteiger partial charge in [0.25, 0.3) is 5.91 Å². The molecule has 2 atom stereocenters. The molecule has 0 radical (unpaired) electrons. The second-order valence-electron chi connectivity index (χ2n) is 4.82. The molecule has 104 valence electrons. The fourth-order valence-corrected chi connectivity index (χ4v) is 2.77. The number of imide groups is 1. The number of para-hydroxylation sites is 1. The summed E-state index contributed by atoms with van der Waals surface area (Å²) >= 11 is 0. The predicted molar refractivity (Wildman–Crippen MR) is 67.8 cm³/mol. The molecule has 0 saturated carbocycles. The number of fused-ring (bicyclic) bond motifs is 2. The van der Waals surface area contributed by atoms with Gasteiger partial charge in [-0.2, -0.15) is 0 Å². The molecule has 6 heteroatoms. The molecular formula is C14H13NO5. The topological polar surface area (TPSA) is 72.9 Å². The average molecular weight is 275 g/mol. The van der Waals surface area contributed by atoms with Gasteiger partial charge in [0.2, 0.25) is 11.5 Å². The number of carbonyl (C=O) groups excluding carboxylic acids is 3. The Morgan fingerprint density at radius 2 is 2.05 bits per heavy atom. The van der Waals surface area contributed by atoms with E-state index in [1.807, 2.05) is 0 Å². The molecule has 0 aliphatic carbocycles. The monoisotopic (exact) mass is 275 g/mol. The summed E-state index contributed by atoms with van der Waals surface area (Å²) < 4.78 is 10.6. The van der Waals surface area contributed by atoms with Crippen molar-refractivity contribution in [3.05, 3.63) is 29.8 Å². The Morgan fingerprint density at radius 1 is 1.35 bits per heavy atom. The maximum atomic E-state index is 12.6. The molecule has 1 fully saturated rings. The molecular weight excluding hydrogens is 262 g/mol. The van der Waals surface area contributed by atoms with Gasteiger partial charge in [-0.25, -0.2) is 4.90 Å². The van der Waals surface area contributed by atoms with Crippen molar-refractivity contribution in [2.24, 2.45) is 0 Å². The second kappa shape index (κ2) is 4.14. The van der Waals surface area contributed by atoms with Crippen LogP contribution >= 0.6 is 0 Å². The van der Waals surface area contributed by atoms with Gasteiger partial charge in [-0.3, -0.25) is 14.4 Å². The van der Waals surface area contributed by atoms with Gasteiger partial charge in [-0.15, -0.1) is 0 Å². The highest BCUT2D eigenvalue weighted by Crippen LogP contribution is 2.50. The molecule has 0 aromatic heterocycles. The largest absolute Gasteiger partial charge is 0.456 e. The molecule has 1 saturated heterocycles. The molecule has 0 N–H and O–H groups in total. The standard InChI is InChI=1S/C14H13NO5/c1-8(16)15-11-6-4-3-5-10(11)14(13(15)18)12(7-19-14)20-9(2)17/h3-6,12H,7H2,1-2H3. The molecule has 2 unspecified atom stereocenters. The number of anilines is 1. The van der Waals surface area contributed by atoms with Crippen LogP contribution in [-0.4, -0.2) is 30.5 Å². The Balaban J connectivity index is 2.11. The smallest absolute Gasteiger partial charge is 0.303 e. The molecule has 1 aromatic rings. The van der Waals surface area contributed by atoms with Crippen LogP contribution in [-0.2, 0) is 29.5 Å². The summed E-state index contributed by atoms with van der Waals surface area (Å²) in [6.45, 7) is 2.73. The number of nitrogens with zero attached hydrogens (tertiary/aromatic N) is 1. The van der Waals surface area contributed by atoms with Gasteiger partial charge in [0, 0.05) is 19.4 Å². The maximum Gasteiger partial charge on any atom is 0.303 e. The fourth-order valence-electron chi connectivity index (χ4n) is 2.77. The van der Waals surface area contributed by atoms with Gasteiger partial charge in [-0.05, 0) is 6.07 Å². The molecule has 3 rings (SSSR count). The summed E-state index contributed by atoms with van der Waals surface area (Å²) in [5, 5.41) is 0. The van der Waals surface area contributed by atoms with E-state index >= 15 is 0 Å². The number of hydrogen-bond donors (Lipinski definition) is 0. The lowest BCUT2D eigenvalue weighted by atomic mass is 9.85. The van der Waals surface area contributed by atoms with Gasteiger partial charge < -0.3 is 9.47 Å². The molecule has 6 nitrogen and oxygen atoms in total. The van der Waals surface area contributed by atoms with Crippen LogP contribution in [0.4, 0.5) is 5.69 Å². The Labute approximate surface area is 115 Å². The van der Waals surface area contributed by atoms with Crippen molar-refractivity contribution in [3.63, 3.8) is 0 Å². The van der Waals surface area contributed by atoms with Crippen LogP contribution in [0.15, 0.2) is 24.3 Å². The minimum absolute atomic E-state index is 0.144. The van der Waals surface area contributed by atoms with E-state index in [1.165, 1.54) is 13.8 Å². The Morgan fingerprint density at radius 3 is 2.60 bits per heavy atom. The van der Waals surface area contributed by atoms with E-state index in [4.69, 9.17) is 9.47 Å². The first-order valence-corrected chi connectivity index (χ1v) is 6.24. The molecule has 2 aliphatic heterocycles. The fraction of sp³-hybridized carbons (Fsp3) is 0.357. The quantitative estimate of drug-likeness (QED) is 0.707. The van der Waals surface area contributed by atoms with Crippen molar-refractivity contribution in [3.8, 4) is 0 Å². The third-order valence-electron chi connectivity index (χ3n) is 3.60. The lowest BCUT2D eigenvalue weighted by Crippen LogP contribution is -2.62. The van der Waals surface area contributed by atoms with Gasteiger partial charge >= 0.3 is 5.97 Å². The molecule has 20 heavy (non-hydrogen) atoms. The zero-order valence-corrected chi connectivity index (χ0v) is 11.1. The van der Waals surface area contributed by atoms with Crippen molar-refractivity contribution in [1.82, 2.24) is 0 Å². The predicted octanol–water partition coefficient (Wildman–Crippen LogP) is 0.737. The normalized spacial score (nSPS) is 27.2. The summed E-state index contributed by atoms with van der Waals surface area (Å²) in [6, 6.07) is 6.88. The second-order valence-corrected chi connectivity index (χ2v) is 4.82. The highest BCUT2D eigenvalue weighted by Gasteiger charge is 2.65. The van der Waals surface area contributed by atoms with Crippen LogP contribution < -0.4 is 4.90 Å². The van der Waals surface area contributed by atoms with Gasteiger partial charge in [-0.1, -0.05) is 18.2 Å². The molecule has 2 aliphatic rings. The average Bonchev–Trinajstić information content (AvgIpc) is 2.64. The van der Waals surface area contributed by atoms with Crippen molar-refractivity contribution in [2.45, 2.75) is 25.6 Å². The van der Waals surface area contributed by atoms with E-state index < -0.39 is 29.5 Å². The van der Waals surface area contributed by atoms with E-state index in [-0.39, 0.29) is 6.61 Å². The number of benzene rings is 1. The number of carbonyl (C=O) groups is 3. The zero-order chi connectivity index (χ0) is 14.5. The Hall–Kier alpha value is -2.21. The van der Waals surface area contributed by atoms with Crippen LogP contribution in [0.1, 0.15) is 19.4 Å². The van der Waals surface area contributed by atoms with E-state index in [0.29, 0.717) is 11.3 Å². The summed E-state index contributed by atoms with van der Waals surface area (Å²) in [5.74, 6) is -1.37. The SMILES string of the molecule is CC(=O)OC1COC12C(=O)N(C(C)=O)c1ccccc12. The highest BCUT2D eigenvalue weighted by molar-refractivity contribution is 6.22. The zero-order valence-electron chi connectivity index (χ0n) is 11.1. The van der Waals surface area contributed by atoms with Gasteiger partial charge in [0.05, 0.1) is 12.3 Å². The van der Waals surface area contributed by atoms with Crippen molar-refractivity contribution in [1.29, 1.82) is 0 Å². The number of rotatable bonds is 1. The summed E-state index contributed by atoms with van der Waals surface area (Å²) in [4.78, 5) is 36.5. The maximum absolute atomic E-state index is 12.6. The van der Waals surface area contributed by atoms with Crippen LogP contribution in [0.5, 0.6) is 0 Å². The first-order valence-electron chi connectivity index (χ1n) is 6.24. The van der Waals surface area contributed by atoms with Crippen LogP contribution in [0.25, 0.3) is 0 Å². The number of ether oxygens (including phenoxy) is 2. The van der Waals surface area contributed by atoms with Gasteiger partial charge in [0.1, 0.15) is 0 Å². The van der Waals surface area contributed by atoms with Gasteiger partial charge in [0.15, 0.2) is 6.10 Å². The van der Waals surface area contributed by atoms with E-state index in [9.17, 15) is 14.4 Å². The van der Waals surface area contributed by atoms with Crippen LogP contribution in [0.2, 0.25) is 0 Å². The highest BCUT2D eigenvalue weighted by atomic mass is 16.6. The Bertz CT molecular complexity index is 626. The summed E-state index contributed by atoms with van der Waals surface area (Å²) in [5.41, 5.74) is -0.312. The third-order valence-corrected chi connectivity index (χ3v) is 3.60. The van der Waals surface area contributed by atoms with E-state index in [2.05, 4.69) is 0 Å². The molecule has 2 amide bonds. The number of amides is 2. The lowest BCUT2D eigenvalue weighted by molar-refractivity contribution is -0.244. The first kappa shape index (κ1) is 12.8. The summed E-state index contributed by atoms with van der Waals surface area (Å²) in [7, 11) is 0.